The summed E-state index contributed by atoms with van der Waals surface area (Å²) >= 11 is 3.40. The molecule has 1 aromatic rings. The van der Waals surface area contributed by atoms with E-state index in [1.165, 1.54) is 6.07 Å². The number of anilines is 1. The van der Waals surface area contributed by atoms with Crippen molar-refractivity contribution in [2.45, 2.75) is 24.7 Å². The highest BCUT2D eigenvalue weighted by Gasteiger charge is 2.52. The quantitative estimate of drug-likeness (QED) is 0.771. The van der Waals surface area contributed by atoms with Crippen LogP contribution in [-0.4, -0.2) is 5.91 Å². The second-order valence-corrected chi connectivity index (χ2v) is 5.02. The largest absolute Gasteiger partial charge is 0.323 e. The average molecular weight is 270 g/mol. The first-order valence-corrected chi connectivity index (χ1v) is 5.74. The van der Waals surface area contributed by atoms with E-state index < -0.39 is 5.41 Å². The van der Waals surface area contributed by atoms with Gasteiger partial charge in [-0.3, -0.25) is 4.79 Å². The van der Waals surface area contributed by atoms with Gasteiger partial charge in [-0.2, -0.15) is 0 Å². The fourth-order valence-electron chi connectivity index (χ4n) is 2.50. The van der Waals surface area contributed by atoms with E-state index >= 15 is 0 Å². The molecule has 4 heteroatoms. The van der Waals surface area contributed by atoms with Crippen LogP contribution in [0, 0.1) is 5.82 Å². The van der Waals surface area contributed by atoms with Gasteiger partial charge in [0.25, 0.3) is 0 Å². The maximum Gasteiger partial charge on any atom is 0.235 e. The third kappa shape index (κ3) is 1.00. The predicted octanol–water partition coefficient (Wildman–Crippen LogP) is 2.96. The Morgan fingerprint density at radius 2 is 2.13 bits per heavy atom. The molecule has 15 heavy (non-hydrogen) atoms. The summed E-state index contributed by atoms with van der Waals surface area (Å²) < 4.78 is 14.3. The van der Waals surface area contributed by atoms with Crippen LogP contribution in [0.4, 0.5) is 10.1 Å². The van der Waals surface area contributed by atoms with Gasteiger partial charge in [-0.1, -0.05) is 22.4 Å². The summed E-state index contributed by atoms with van der Waals surface area (Å²) in [7, 11) is 0. The van der Waals surface area contributed by atoms with Gasteiger partial charge in [-0.25, -0.2) is 4.39 Å². The van der Waals surface area contributed by atoms with Crippen LogP contribution in [0.15, 0.2) is 16.6 Å². The highest BCUT2D eigenvalue weighted by atomic mass is 79.9. The monoisotopic (exact) mass is 269 g/mol. The van der Waals surface area contributed by atoms with Crippen LogP contribution in [0.3, 0.4) is 0 Å². The highest BCUT2D eigenvalue weighted by molar-refractivity contribution is 9.10. The van der Waals surface area contributed by atoms with Gasteiger partial charge in [0.05, 0.1) is 11.1 Å². The lowest BCUT2D eigenvalue weighted by Gasteiger charge is -2.36. The number of hydrogen-bond donors (Lipinski definition) is 1. The minimum atomic E-state index is -0.448. The predicted molar refractivity (Wildman–Crippen MR) is 58.3 cm³/mol. The number of nitrogens with one attached hydrogen (secondary N) is 1. The summed E-state index contributed by atoms with van der Waals surface area (Å²) in [6.07, 6.45) is 2.69. The first kappa shape index (κ1) is 9.33. The summed E-state index contributed by atoms with van der Waals surface area (Å²) in [6, 6.07) is 3.05. The molecule has 1 aliphatic carbocycles. The third-order valence-electron chi connectivity index (χ3n) is 3.46. The summed E-state index contributed by atoms with van der Waals surface area (Å²) in [5, 5.41) is 2.66. The standard InChI is InChI=1S/C11H9BrFNO/c12-6-2-3-7(13)9-8(6)11(4-1-5-11)10(15)14-9/h2-3H,1,4-5H2,(H,14,15). The van der Waals surface area contributed by atoms with E-state index in [1.54, 1.807) is 6.07 Å². The number of rotatable bonds is 0. The van der Waals surface area contributed by atoms with E-state index in [9.17, 15) is 9.18 Å². The maximum absolute atomic E-state index is 13.5. The molecule has 1 aromatic carbocycles. The SMILES string of the molecule is O=C1Nc2c(F)ccc(Br)c2C12CCC2. The van der Waals surface area contributed by atoms with Crippen LogP contribution in [0.1, 0.15) is 24.8 Å². The molecule has 2 aliphatic rings. The number of carbonyl (C=O) groups excluding carboxylic acids is 1. The summed E-state index contributed by atoms with van der Waals surface area (Å²) in [5.41, 5.74) is 0.740. The van der Waals surface area contributed by atoms with Crippen LogP contribution < -0.4 is 5.32 Å². The van der Waals surface area contributed by atoms with Gasteiger partial charge < -0.3 is 5.32 Å². The van der Waals surface area contributed by atoms with E-state index in [0.29, 0.717) is 5.69 Å². The Balaban J connectivity index is 2.28. The fourth-order valence-corrected chi connectivity index (χ4v) is 3.21. The zero-order valence-electron chi connectivity index (χ0n) is 7.94. The molecule has 1 saturated carbocycles. The van der Waals surface area contributed by atoms with Crippen molar-refractivity contribution in [3.05, 3.63) is 28.0 Å². The second kappa shape index (κ2) is 2.82. The number of hydrogen-bond acceptors (Lipinski definition) is 1. The van der Waals surface area contributed by atoms with Gasteiger partial charge in [0.15, 0.2) is 0 Å². The molecule has 3 rings (SSSR count). The molecule has 2 nitrogen and oxygen atoms in total. The first-order chi connectivity index (χ1) is 7.15. The van der Waals surface area contributed by atoms with Crippen molar-refractivity contribution in [3.8, 4) is 0 Å². The van der Waals surface area contributed by atoms with Crippen molar-refractivity contribution in [2.24, 2.45) is 0 Å². The zero-order valence-corrected chi connectivity index (χ0v) is 9.53. The molecule has 1 fully saturated rings. The molecule has 1 spiro atoms. The zero-order chi connectivity index (χ0) is 10.6. The second-order valence-electron chi connectivity index (χ2n) is 4.17. The molecule has 0 atom stereocenters. The van der Waals surface area contributed by atoms with Crippen molar-refractivity contribution in [2.75, 3.05) is 5.32 Å². The molecule has 0 aromatic heterocycles. The van der Waals surface area contributed by atoms with Crippen molar-refractivity contribution in [1.29, 1.82) is 0 Å². The molecular formula is C11H9BrFNO. The van der Waals surface area contributed by atoms with Crippen LogP contribution in [0.2, 0.25) is 0 Å². The number of carbonyl (C=O) groups is 1. The lowest BCUT2D eigenvalue weighted by atomic mass is 9.65. The number of amides is 1. The first-order valence-electron chi connectivity index (χ1n) is 4.95. The molecule has 1 heterocycles. The van der Waals surface area contributed by atoms with E-state index in [-0.39, 0.29) is 11.7 Å². The summed E-state index contributed by atoms with van der Waals surface area (Å²) in [6.45, 7) is 0. The highest BCUT2D eigenvalue weighted by Crippen LogP contribution is 2.53. The van der Waals surface area contributed by atoms with E-state index in [2.05, 4.69) is 21.2 Å². The topological polar surface area (TPSA) is 29.1 Å². The van der Waals surface area contributed by atoms with Crippen molar-refractivity contribution < 1.29 is 9.18 Å². The molecular weight excluding hydrogens is 261 g/mol. The molecule has 1 aliphatic heterocycles. The Bertz CT molecular complexity index is 468. The van der Waals surface area contributed by atoms with Crippen LogP contribution in [0.5, 0.6) is 0 Å². The Kier molecular flexibility index (Phi) is 1.75. The molecule has 0 saturated heterocycles. The van der Waals surface area contributed by atoms with E-state index in [0.717, 1.165) is 29.3 Å². The smallest absolute Gasteiger partial charge is 0.235 e. The van der Waals surface area contributed by atoms with Crippen molar-refractivity contribution >= 4 is 27.5 Å². The van der Waals surface area contributed by atoms with Gasteiger partial charge in [0.2, 0.25) is 5.91 Å². The Hall–Kier alpha value is -0.900. The van der Waals surface area contributed by atoms with E-state index in [4.69, 9.17) is 0 Å². The fraction of sp³-hybridized carbons (Fsp3) is 0.364. The van der Waals surface area contributed by atoms with Crippen molar-refractivity contribution in [1.82, 2.24) is 0 Å². The maximum atomic E-state index is 13.5. The van der Waals surface area contributed by atoms with Crippen molar-refractivity contribution in [3.63, 3.8) is 0 Å². The third-order valence-corrected chi connectivity index (χ3v) is 4.12. The number of halogens is 2. The van der Waals surface area contributed by atoms with E-state index in [1.807, 2.05) is 0 Å². The molecule has 0 radical (unpaired) electrons. The Morgan fingerprint density at radius 3 is 2.73 bits per heavy atom. The van der Waals surface area contributed by atoms with Crippen LogP contribution in [0.25, 0.3) is 0 Å². The average Bonchev–Trinajstić information content (AvgIpc) is 2.45. The van der Waals surface area contributed by atoms with Gasteiger partial charge in [0.1, 0.15) is 5.82 Å². The molecule has 0 unspecified atom stereocenters. The summed E-state index contributed by atoms with van der Waals surface area (Å²) in [4.78, 5) is 11.8. The lowest BCUT2D eigenvalue weighted by Crippen LogP contribution is -2.41. The molecule has 78 valence electrons. The summed E-state index contributed by atoms with van der Waals surface area (Å²) in [5.74, 6) is -0.389. The Morgan fingerprint density at radius 1 is 1.40 bits per heavy atom. The lowest BCUT2D eigenvalue weighted by molar-refractivity contribution is -0.123. The van der Waals surface area contributed by atoms with Gasteiger partial charge in [-0.15, -0.1) is 0 Å². The number of benzene rings is 1. The van der Waals surface area contributed by atoms with Gasteiger partial charge in [-0.05, 0) is 25.0 Å². The van der Waals surface area contributed by atoms with Gasteiger partial charge >= 0.3 is 0 Å². The van der Waals surface area contributed by atoms with Crippen LogP contribution >= 0.6 is 15.9 Å². The molecule has 0 bridgehead atoms. The minimum Gasteiger partial charge on any atom is -0.323 e. The number of fused-ring (bicyclic) bond motifs is 2. The Labute approximate surface area is 95.0 Å². The van der Waals surface area contributed by atoms with Crippen LogP contribution in [-0.2, 0) is 10.2 Å². The normalized spacial score (nSPS) is 21.1. The van der Waals surface area contributed by atoms with Gasteiger partial charge in [0, 0.05) is 10.0 Å². The minimum absolute atomic E-state index is 0.0467. The molecule has 1 N–H and O–H groups in total. The molecule has 1 amide bonds.